The van der Waals surface area contributed by atoms with Crippen LogP contribution in [0.3, 0.4) is 0 Å². The average Bonchev–Trinajstić information content (AvgIpc) is 2.55. The predicted octanol–water partition coefficient (Wildman–Crippen LogP) is 0.178. The van der Waals surface area contributed by atoms with Crippen LogP contribution in [0.2, 0.25) is 0 Å². The highest BCUT2D eigenvalue weighted by Crippen LogP contribution is 2.24. The van der Waals surface area contributed by atoms with Crippen molar-refractivity contribution < 1.29 is 32.3 Å². The summed E-state index contributed by atoms with van der Waals surface area (Å²) in [5.74, 6) is -3.27. The molecule has 0 radical (unpaired) electrons. The van der Waals surface area contributed by atoms with E-state index in [-0.39, 0.29) is 31.1 Å². The molecule has 0 unspecified atom stereocenters. The molecule has 1 fully saturated rings. The van der Waals surface area contributed by atoms with Gasteiger partial charge in [-0.2, -0.15) is 0 Å². The first-order valence-electron chi connectivity index (χ1n) is 7.97. The van der Waals surface area contributed by atoms with Gasteiger partial charge in [0.15, 0.2) is 6.04 Å². The molecule has 1 saturated heterocycles. The number of carbonyl (C=O) groups is 3. The largest absolute Gasteiger partial charge is 0.370 e. The fourth-order valence-electron chi connectivity index (χ4n) is 2.66. The molecule has 27 heavy (non-hydrogen) atoms. The normalized spacial score (nSPS) is 15.9. The lowest BCUT2D eigenvalue weighted by molar-refractivity contribution is -0.132. The third-order valence-electron chi connectivity index (χ3n) is 3.88. The number of nitrogens with zero attached hydrogens (tertiary/aromatic N) is 2. The van der Waals surface area contributed by atoms with Crippen LogP contribution in [-0.4, -0.2) is 68.4 Å². The summed E-state index contributed by atoms with van der Waals surface area (Å²) < 4.78 is 44.3. The maximum Gasteiger partial charge on any atom is 0.253 e. The number of rotatable bonds is 7. The van der Waals surface area contributed by atoms with Crippen LogP contribution in [0, 0.1) is 5.82 Å². The number of ether oxygens (including phenoxy) is 1. The van der Waals surface area contributed by atoms with E-state index in [0.29, 0.717) is 0 Å². The minimum atomic E-state index is -2.77. The lowest BCUT2D eigenvalue weighted by Crippen LogP contribution is -2.51. The first-order valence-corrected chi connectivity index (χ1v) is 7.97. The number of hydrogen-bond donors (Lipinski definition) is 2. The van der Waals surface area contributed by atoms with Crippen molar-refractivity contribution in [1.29, 1.82) is 0 Å². The zero-order valence-corrected chi connectivity index (χ0v) is 14.5. The van der Waals surface area contributed by atoms with Gasteiger partial charge in [-0.05, 0) is 25.2 Å². The van der Waals surface area contributed by atoms with Crippen LogP contribution >= 0.6 is 0 Å². The summed E-state index contributed by atoms with van der Waals surface area (Å²) in [6.07, 6.45) is -2.77. The van der Waals surface area contributed by atoms with Crippen LogP contribution in [0.1, 0.15) is 0 Å². The van der Waals surface area contributed by atoms with Gasteiger partial charge in [0.05, 0.1) is 18.8 Å². The summed E-state index contributed by atoms with van der Waals surface area (Å²) in [5.41, 5.74) is 5.12. The van der Waals surface area contributed by atoms with Crippen LogP contribution in [0.5, 0.6) is 0 Å². The minimum Gasteiger partial charge on any atom is -0.370 e. The molecule has 1 aliphatic rings. The van der Waals surface area contributed by atoms with Gasteiger partial charge in [0.25, 0.3) is 18.2 Å². The van der Waals surface area contributed by atoms with Crippen molar-refractivity contribution in [3.63, 3.8) is 0 Å². The molecule has 1 aliphatic heterocycles. The highest BCUT2D eigenvalue weighted by atomic mass is 19.3. The maximum absolute atomic E-state index is 14.4. The van der Waals surface area contributed by atoms with Crippen molar-refractivity contribution in [2.24, 2.45) is 5.73 Å². The fourth-order valence-corrected chi connectivity index (χ4v) is 2.66. The number of nitrogens with two attached hydrogens (primary N) is 1. The van der Waals surface area contributed by atoms with E-state index < -0.39 is 42.6 Å². The van der Waals surface area contributed by atoms with E-state index >= 15 is 0 Å². The van der Waals surface area contributed by atoms with Crippen molar-refractivity contribution in [2.45, 2.75) is 12.5 Å². The number of primary amides is 1. The topological polar surface area (TPSA) is 105 Å². The first-order chi connectivity index (χ1) is 12.7. The monoisotopic (exact) mass is 388 g/mol. The molecule has 8 nitrogen and oxygen atoms in total. The molecular weight excluding hydrogens is 369 g/mol. The minimum absolute atomic E-state index is 0.0151. The van der Waals surface area contributed by atoms with Crippen LogP contribution in [-0.2, 0) is 19.1 Å². The Hall–Kier alpha value is -2.66. The maximum atomic E-state index is 14.4. The molecule has 0 saturated carbocycles. The fraction of sp³-hybridized carbons (Fsp3) is 0.438. The highest BCUT2D eigenvalue weighted by Gasteiger charge is 2.31. The molecule has 3 amide bonds. The molecule has 148 valence electrons. The number of morpholine rings is 1. The Balaban J connectivity index is 2.14. The second kappa shape index (κ2) is 8.82. The summed E-state index contributed by atoms with van der Waals surface area (Å²) in [6.45, 7) is -0.549. The number of halogens is 3. The molecule has 0 aromatic heterocycles. The van der Waals surface area contributed by atoms with E-state index in [1.54, 1.807) is 0 Å². The smallest absolute Gasteiger partial charge is 0.253 e. The van der Waals surface area contributed by atoms with Crippen LogP contribution < -0.4 is 16.0 Å². The lowest BCUT2D eigenvalue weighted by Gasteiger charge is -2.27. The van der Waals surface area contributed by atoms with Crippen LogP contribution in [0.25, 0.3) is 0 Å². The molecule has 0 spiro atoms. The number of alkyl halides is 2. The van der Waals surface area contributed by atoms with Crippen molar-refractivity contribution >= 4 is 29.1 Å². The molecule has 1 atom stereocenters. The quantitative estimate of drug-likeness (QED) is 0.649. The number of benzene rings is 1. The third kappa shape index (κ3) is 5.17. The Bertz CT molecular complexity index is 732. The van der Waals surface area contributed by atoms with Crippen molar-refractivity contribution in [3.8, 4) is 0 Å². The van der Waals surface area contributed by atoms with E-state index in [1.807, 2.05) is 0 Å². The van der Waals surface area contributed by atoms with Gasteiger partial charge < -0.3 is 20.7 Å². The number of hydrogen-bond acceptors (Lipinski definition) is 5. The van der Waals surface area contributed by atoms with Crippen molar-refractivity contribution in [1.82, 2.24) is 4.90 Å². The third-order valence-corrected chi connectivity index (χ3v) is 3.88. The molecule has 3 N–H and O–H groups in total. The zero-order chi connectivity index (χ0) is 20.1. The zero-order valence-electron chi connectivity index (χ0n) is 14.5. The second-order valence-corrected chi connectivity index (χ2v) is 5.89. The Kier molecular flexibility index (Phi) is 6.75. The molecule has 11 heteroatoms. The predicted molar refractivity (Wildman–Crippen MR) is 89.8 cm³/mol. The standard InChI is InChI=1S/C16H19F3N4O4/c1-22(7-12(18)19)14(15(20)25)16(26)21-9-2-3-11(10(17)6-9)23-4-5-27-8-13(23)24/h2-3,6,12,14H,4-5,7-8H2,1H3,(H2,20,25)(H,21,26)/t14-/m1/s1. The Morgan fingerprint density at radius 1 is 1.41 bits per heavy atom. The number of amides is 3. The summed E-state index contributed by atoms with van der Waals surface area (Å²) in [4.78, 5) is 37.5. The number of nitrogens with one attached hydrogen (secondary N) is 1. The summed E-state index contributed by atoms with van der Waals surface area (Å²) in [7, 11) is 1.15. The van der Waals surface area contributed by atoms with Gasteiger partial charge in [0.1, 0.15) is 12.4 Å². The van der Waals surface area contributed by atoms with Crippen LogP contribution in [0.4, 0.5) is 24.5 Å². The number of carbonyl (C=O) groups excluding carboxylic acids is 3. The molecular formula is C16H19F3N4O4. The lowest BCUT2D eigenvalue weighted by atomic mass is 10.2. The summed E-state index contributed by atoms with van der Waals surface area (Å²) in [5, 5.41) is 2.27. The van der Waals surface area contributed by atoms with Gasteiger partial charge in [-0.25, -0.2) is 13.2 Å². The number of anilines is 2. The van der Waals surface area contributed by atoms with E-state index in [4.69, 9.17) is 10.5 Å². The van der Waals surface area contributed by atoms with Crippen LogP contribution in [0.15, 0.2) is 18.2 Å². The van der Waals surface area contributed by atoms with Gasteiger partial charge >= 0.3 is 0 Å². The second-order valence-electron chi connectivity index (χ2n) is 5.89. The van der Waals surface area contributed by atoms with Gasteiger partial charge in [-0.1, -0.05) is 0 Å². The average molecular weight is 388 g/mol. The van der Waals surface area contributed by atoms with E-state index in [9.17, 15) is 27.6 Å². The summed E-state index contributed by atoms with van der Waals surface area (Å²) >= 11 is 0. The Labute approximate surface area is 153 Å². The van der Waals surface area contributed by atoms with Crippen molar-refractivity contribution in [3.05, 3.63) is 24.0 Å². The number of likely N-dealkylation sites (N-methyl/N-ethyl adjacent to an activating group) is 1. The van der Waals surface area contributed by atoms with Gasteiger partial charge in [-0.3, -0.25) is 19.3 Å². The van der Waals surface area contributed by atoms with Gasteiger partial charge in [0.2, 0.25) is 5.91 Å². The first kappa shape index (κ1) is 20.6. The SMILES string of the molecule is CN(CC(F)F)[C@H](C(N)=O)C(=O)Nc1ccc(N2CCOCC2=O)c(F)c1. The Morgan fingerprint density at radius 2 is 2.11 bits per heavy atom. The van der Waals surface area contributed by atoms with Gasteiger partial charge in [0, 0.05) is 12.2 Å². The highest BCUT2D eigenvalue weighted by molar-refractivity contribution is 6.09. The van der Waals surface area contributed by atoms with Gasteiger partial charge in [-0.15, -0.1) is 0 Å². The van der Waals surface area contributed by atoms with E-state index in [1.165, 1.54) is 17.0 Å². The molecule has 1 aromatic carbocycles. The summed E-state index contributed by atoms with van der Waals surface area (Å²) in [6, 6.07) is 1.92. The molecule has 2 rings (SSSR count). The Morgan fingerprint density at radius 3 is 2.67 bits per heavy atom. The van der Waals surface area contributed by atoms with E-state index in [2.05, 4.69) is 5.32 Å². The molecule has 1 aromatic rings. The molecule has 1 heterocycles. The molecule has 0 aliphatic carbocycles. The van der Waals surface area contributed by atoms with E-state index in [0.717, 1.165) is 18.0 Å². The molecule has 0 bridgehead atoms. The van der Waals surface area contributed by atoms with Crippen molar-refractivity contribution in [2.75, 3.05) is 43.6 Å².